The molecule has 26 heavy (non-hydrogen) atoms. The van der Waals surface area contributed by atoms with Gasteiger partial charge in [-0.15, -0.1) is 0 Å². The summed E-state index contributed by atoms with van der Waals surface area (Å²) < 4.78 is 26.0. The van der Waals surface area contributed by atoms with Crippen LogP contribution in [0.5, 0.6) is 0 Å². The van der Waals surface area contributed by atoms with Crippen LogP contribution in [0.1, 0.15) is 55.5 Å². The minimum atomic E-state index is -2.81. The molecule has 138 valence electrons. The molecular weight excluding hydrogens is 346 g/mol. The molecule has 0 bridgehead atoms. The molecule has 1 saturated carbocycles. The quantitative estimate of drug-likeness (QED) is 0.504. The number of rotatable bonds is 4. The number of alkyl halides is 2. The number of aromatic nitrogens is 1. The van der Waals surface area contributed by atoms with E-state index in [4.69, 9.17) is 0 Å². The zero-order valence-corrected chi connectivity index (χ0v) is 14.0. The van der Waals surface area contributed by atoms with Gasteiger partial charge in [-0.25, -0.2) is 13.8 Å². The van der Waals surface area contributed by atoms with Crippen molar-refractivity contribution < 1.29 is 28.3 Å². The fourth-order valence-corrected chi connectivity index (χ4v) is 3.24. The fraction of sp³-hybridized carbons (Fsp3) is 0.444. The summed E-state index contributed by atoms with van der Waals surface area (Å²) in [5, 5.41) is 10.5. The van der Waals surface area contributed by atoms with Gasteiger partial charge in [0.05, 0.1) is 12.2 Å². The highest BCUT2D eigenvalue weighted by Crippen LogP contribution is 2.29. The van der Waals surface area contributed by atoms with E-state index in [0.29, 0.717) is 25.8 Å². The number of amides is 1. The zero-order valence-electron chi connectivity index (χ0n) is 14.0. The number of aliphatic hydroxyl groups is 1. The van der Waals surface area contributed by atoms with E-state index in [2.05, 4.69) is 4.98 Å². The Hall–Kier alpha value is -2.64. The van der Waals surface area contributed by atoms with Crippen LogP contribution >= 0.6 is 0 Å². The number of halogens is 2. The highest BCUT2D eigenvalue weighted by atomic mass is 19.3. The molecule has 1 aliphatic carbocycles. The topological polar surface area (TPSA) is 87.6 Å². The Morgan fingerprint density at radius 1 is 1.12 bits per heavy atom. The summed E-state index contributed by atoms with van der Waals surface area (Å²) in [6.07, 6.45) is -1.07. The average molecular weight is 364 g/mol. The van der Waals surface area contributed by atoms with Gasteiger partial charge < -0.3 is 10.0 Å². The normalized spacial score (nSPS) is 18.2. The van der Waals surface area contributed by atoms with E-state index in [-0.39, 0.29) is 42.1 Å². The molecule has 1 saturated heterocycles. The maximum Gasteiger partial charge on any atom is 0.280 e. The van der Waals surface area contributed by atoms with E-state index in [0.717, 1.165) is 6.07 Å². The third kappa shape index (κ3) is 3.49. The number of ketones is 2. The molecule has 1 aromatic rings. The summed E-state index contributed by atoms with van der Waals surface area (Å²) in [7, 11) is 0. The first-order valence-electron chi connectivity index (χ1n) is 8.44. The zero-order chi connectivity index (χ0) is 18.8. The van der Waals surface area contributed by atoms with Crippen molar-refractivity contribution in [2.24, 2.45) is 0 Å². The minimum Gasteiger partial charge on any atom is -0.506 e. The van der Waals surface area contributed by atoms with Gasteiger partial charge in [-0.3, -0.25) is 14.4 Å². The predicted molar refractivity (Wildman–Crippen MR) is 87.3 cm³/mol. The second-order valence-electron chi connectivity index (χ2n) is 6.37. The number of hydrogen-bond donors (Lipinski definition) is 1. The molecule has 0 atom stereocenters. The highest BCUT2D eigenvalue weighted by molar-refractivity contribution is 6.25. The molecule has 3 rings (SSSR count). The standard InChI is InChI=1S/C18H18F2N2O4/c19-18(20)11-7-6-10(12(21-11)9-22-8-2-5-15(22)25)17(26)16-13(23)3-1-4-14(16)24/h6-7,18,26H,1-5,8-9H2. The molecule has 0 spiro atoms. The highest BCUT2D eigenvalue weighted by Gasteiger charge is 2.30. The third-order valence-corrected chi connectivity index (χ3v) is 4.59. The Balaban J connectivity index is 2.06. The van der Waals surface area contributed by atoms with Gasteiger partial charge in [-0.2, -0.15) is 0 Å². The third-order valence-electron chi connectivity index (χ3n) is 4.59. The van der Waals surface area contributed by atoms with Crippen LogP contribution in [0.25, 0.3) is 5.76 Å². The largest absolute Gasteiger partial charge is 0.506 e. The molecule has 1 aromatic heterocycles. The minimum absolute atomic E-state index is 0.0349. The number of carbonyl (C=O) groups is 3. The van der Waals surface area contributed by atoms with Crippen LogP contribution < -0.4 is 0 Å². The fourth-order valence-electron chi connectivity index (χ4n) is 3.24. The Kier molecular flexibility index (Phi) is 5.11. The van der Waals surface area contributed by atoms with Gasteiger partial charge in [0.25, 0.3) is 6.43 Å². The van der Waals surface area contributed by atoms with Crippen LogP contribution in [0, 0.1) is 0 Å². The smallest absolute Gasteiger partial charge is 0.280 e. The molecule has 1 amide bonds. The number of Topliss-reactive ketones (excluding diaryl/α,β-unsaturated/α-hetero) is 2. The van der Waals surface area contributed by atoms with Crippen molar-refractivity contribution in [1.82, 2.24) is 9.88 Å². The molecule has 6 nitrogen and oxygen atoms in total. The number of pyridine rings is 1. The van der Waals surface area contributed by atoms with E-state index in [1.54, 1.807) is 0 Å². The lowest BCUT2D eigenvalue weighted by molar-refractivity contribution is -0.128. The van der Waals surface area contributed by atoms with Crippen LogP contribution in [-0.4, -0.2) is 39.0 Å². The molecule has 2 aliphatic rings. The first kappa shape index (κ1) is 18.2. The maximum atomic E-state index is 13.0. The lowest BCUT2D eigenvalue weighted by atomic mass is 9.89. The number of allylic oxidation sites excluding steroid dienone is 1. The van der Waals surface area contributed by atoms with Gasteiger partial charge in [-0.05, 0) is 25.0 Å². The van der Waals surface area contributed by atoms with Crippen molar-refractivity contribution in [3.8, 4) is 0 Å². The van der Waals surface area contributed by atoms with Crippen LogP contribution in [0.2, 0.25) is 0 Å². The first-order valence-corrected chi connectivity index (χ1v) is 8.44. The van der Waals surface area contributed by atoms with Gasteiger partial charge >= 0.3 is 0 Å². The van der Waals surface area contributed by atoms with Crippen molar-refractivity contribution >= 4 is 23.2 Å². The van der Waals surface area contributed by atoms with Crippen molar-refractivity contribution in [2.75, 3.05) is 6.54 Å². The molecule has 0 radical (unpaired) electrons. The van der Waals surface area contributed by atoms with Gasteiger partial charge in [0, 0.05) is 31.4 Å². The maximum absolute atomic E-state index is 13.0. The summed E-state index contributed by atoms with van der Waals surface area (Å²) in [5.74, 6) is -1.62. The van der Waals surface area contributed by atoms with E-state index in [9.17, 15) is 28.3 Å². The molecule has 2 fully saturated rings. The van der Waals surface area contributed by atoms with Gasteiger partial charge in [0.1, 0.15) is 17.0 Å². The average Bonchev–Trinajstić information content (AvgIpc) is 2.99. The first-order chi connectivity index (χ1) is 12.4. The molecule has 8 heteroatoms. The number of nitrogens with zero attached hydrogens (tertiary/aromatic N) is 2. The Labute approximate surface area is 148 Å². The van der Waals surface area contributed by atoms with E-state index >= 15 is 0 Å². The van der Waals surface area contributed by atoms with Crippen LogP contribution in [0.4, 0.5) is 8.78 Å². The predicted octanol–water partition coefficient (Wildman–Crippen LogP) is 2.73. The molecule has 0 aromatic carbocycles. The van der Waals surface area contributed by atoms with Crippen molar-refractivity contribution in [1.29, 1.82) is 0 Å². The Bertz CT molecular complexity index is 786. The molecule has 1 aliphatic heterocycles. The van der Waals surface area contributed by atoms with Crippen molar-refractivity contribution in [3.63, 3.8) is 0 Å². The van der Waals surface area contributed by atoms with E-state index in [1.165, 1.54) is 11.0 Å². The summed E-state index contributed by atoms with van der Waals surface area (Å²) in [4.78, 5) is 41.3. The van der Waals surface area contributed by atoms with Crippen LogP contribution in [-0.2, 0) is 20.9 Å². The number of aliphatic hydroxyl groups excluding tert-OH is 1. The van der Waals surface area contributed by atoms with E-state index < -0.39 is 29.4 Å². The summed E-state index contributed by atoms with van der Waals surface area (Å²) in [6, 6.07) is 2.27. The number of carbonyl (C=O) groups excluding carboxylic acids is 3. The molecule has 1 N–H and O–H groups in total. The summed E-state index contributed by atoms with van der Waals surface area (Å²) in [6.45, 7) is 0.405. The van der Waals surface area contributed by atoms with Gasteiger partial charge in [-0.1, -0.05) is 0 Å². The van der Waals surface area contributed by atoms with Crippen molar-refractivity contribution in [2.45, 2.75) is 45.1 Å². The monoisotopic (exact) mass is 364 g/mol. The Morgan fingerprint density at radius 3 is 2.38 bits per heavy atom. The number of hydrogen-bond acceptors (Lipinski definition) is 5. The molecule has 2 heterocycles. The molecular formula is C18H18F2N2O4. The van der Waals surface area contributed by atoms with Gasteiger partial charge in [0.15, 0.2) is 11.6 Å². The lowest BCUT2D eigenvalue weighted by Gasteiger charge is -2.19. The Morgan fingerprint density at radius 2 is 1.81 bits per heavy atom. The lowest BCUT2D eigenvalue weighted by Crippen LogP contribution is -2.26. The summed E-state index contributed by atoms with van der Waals surface area (Å²) >= 11 is 0. The second kappa shape index (κ2) is 7.31. The van der Waals surface area contributed by atoms with Crippen molar-refractivity contribution in [3.05, 3.63) is 34.7 Å². The summed E-state index contributed by atoms with van der Waals surface area (Å²) in [5.41, 5.74) is -0.715. The van der Waals surface area contributed by atoms with E-state index in [1.807, 2.05) is 0 Å². The van der Waals surface area contributed by atoms with Gasteiger partial charge in [0.2, 0.25) is 5.91 Å². The van der Waals surface area contributed by atoms with Crippen LogP contribution in [0.15, 0.2) is 17.7 Å². The second-order valence-corrected chi connectivity index (χ2v) is 6.37. The van der Waals surface area contributed by atoms with Crippen LogP contribution in [0.3, 0.4) is 0 Å². The SMILES string of the molecule is O=C1CCCC(=O)C1=C(O)c1ccc(C(F)F)nc1CN1CCCC1=O. The molecule has 0 unspecified atom stereocenters. The number of likely N-dealkylation sites (tertiary alicyclic amines) is 1.